The third kappa shape index (κ3) is 4.29. The minimum Gasteiger partial charge on any atom is -0.330 e. The summed E-state index contributed by atoms with van der Waals surface area (Å²) in [5, 5.41) is 0.340. The molecule has 0 aliphatic heterocycles. The van der Waals surface area contributed by atoms with Crippen molar-refractivity contribution in [2.45, 2.75) is 11.1 Å². The summed E-state index contributed by atoms with van der Waals surface area (Å²) < 4.78 is 49.0. The molecule has 1 aromatic rings. The van der Waals surface area contributed by atoms with E-state index in [4.69, 9.17) is 17.3 Å². The van der Waals surface area contributed by atoms with E-state index in [2.05, 4.69) is 0 Å². The van der Waals surface area contributed by atoms with Crippen LogP contribution in [0, 0.1) is 5.92 Å². The Bertz CT molecular complexity index is 411. The van der Waals surface area contributed by atoms with E-state index >= 15 is 0 Å². The Hall–Kier alpha value is -0.590. The van der Waals surface area contributed by atoms with E-state index in [1.807, 2.05) is 0 Å². The standard InChI is InChI=1S/C10H11ClF3NOS/c11-8-2-1-3-9(4-8)17(16)6-7(5-15)10(12,13)14/h1-4,7H,5-6,15H2. The fourth-order valence-corrected chi connectivity index (χ4v) is 2.81. The highest BCUT2D eigenvalue weighted by Crippen LogP contribution is 2.27. The second-order valence-corrected chi connectivity index (χ2v) is 5.38. The Morgan fingerprint density at radius 2 is 2.06 bits per heavy atom. The van der Waals surface area contributed by atoms with Gasteiger partial charge >= 0.3 is 6.18 Å². The summed E-state index contributed by atoms with van der Waals surface area (Å²) in [6.07, 6.45) is -4.43. The third-order valence-electron chi connectivity index (χ3n) is 2.16. The van der Waals surface area contributed by atoms with Crippen molar-refractivity contribution in [2.24, 2.45) is 11.7 Å². The zero-order chi connectivity index (χ0) is 13.1. The summed E-state index contributed by atoms with van der Waals surface area (Å²) in [7, 11) is -1.75. The van der Waals surface area contributed by atoms with E-state index in [9.17, 15) is 17.4 Å². The molecule has 0 amide bonds. The average Bonchev–Trinajstić information content (AvgIpc) is 2.23. The summed E-state index contributed by atoms with van der Waals surface area (Å²) in [4.78, 5) is 0.278. The molecular weight excluding hydrogens is 275 g/mol. The van der Waals surface area contributed by atoms with Crippen LogP contribution in [-0.4, -0.2) is 22.7 Å². The van der Waals surface area contributed by atoms with Gasteiger partial charge in [-0.05, 0) is 18.2 Å². The van der Waals surface area contributed by atoms with Crippen molar-refractivity contribution in [3.8, 4) is 0 Å². The molecule has 2 unspecified atom stereocenters. The molecule has 17 heavy (non-hydrogen) atoms. The minimum absolute atomic E-state index is 0.278. The number of nitrogens with two attached hydrogens (primary N) is 1. The lowest BCUT2D eigenvalue weighted by molar-refractivity contribution is -0.165. The number of hydrogen-bond acceptors (Lipinski definition) is 2. The number of halogens is 4. The van der Waals surface area contributed by atoms with Gasteiger partial charge in [-0.25, -0.2) is 0 Å². The van der Waals surface area contributed by atoms with Gasteiger partial charge < -0.3 is 5.73 Å². The fourth-order valence-electron chi connectivity index (χ4n) is 1.18. The van der Waals surface area contributed by atoms with E-state index in [1.54, 1.807) is 12.1 Å². The molecule has 0 radical (unpaired) electrons. The number of hydrogen-bond donors (Lipinski definition) is 1. The van der Waals surface area contributed by atoms with Gasteiger partial charge in [-0.15, -0.1) is 0 Å². The summed E-state index contributed by atoms with van der Waals surface area (Å²) in [5.41, 5.74) is 5.03. The van der Waals surface area contributed by atoms with Gasteiger partial charge in [0, 0.05) is 22.2 Å². The predicted octanol–water partition coefficient (Wildman–Crippen LogP) is 2.58. The van der Waals surface area contributed by atoms with Crippen molar-refractivity contribution < 1.29 is 17.4 Å². The Balaban J connectivity index is 2.78. The van der Waals surface area contributed by atoms with Gasteiger partial charge in [0.15, 0.2) is 0 Å². The quantitative estimate of drug-likeness (QED) is 0.924. The van der Waals surface area contributed by atoms with Crippen LogP contribution in [0.3, 0.4) is 0 Å². The van der Waals surface area contributed by atoms with E-state index in [0.29, 0.717) is 5.02 Å². The highest BCUT2D eigenvalue weighted by atomic mass is 35.5. The molecule has 2 atom stereocenters. The smallest absolute Gasteiger partial charge is 0.330 e. The number of benzene rings is 1. The molecular formula is C10H11ClF3NOS. The van der Waals surface area contributed by atoms with E-state index in [-0.39, 0.29) is 4.90 Å². The summed E-state index contributed by atoms with van der Waals surface area (Å²) in [6, 6.07) is 5.97. The summed E-state index contributed by atoms with van der Waals surface area (Å²) in [6.45, 7) is -0.574. The lowest BCUT2D eigenvalue weighted by atomic mass is 10.2. The van der Waals surface area contributed by atoms with Gasteiger partial charge in [0.2, 0.25) is 0 Å². The first-order valence-corrected chi connectivity index (χ1v) is 6.45. The monoisotopic (exact) mass is 285 g/mol. The molecule has 1 rings (SSSR count). The third-order valence-corrected chi connectivity index (χ3v) is 3.88. The van der Waals surface area contributed by atoms with Crippen LogP contribution in [0.4, 0.5) is 13.2 Å². The van der Waals surface area contributed by atoms with E-state index < -0.39 is 35.2 Å². The average molecular weight is 286 g/mol. The van der Waals surface area contributed by atoms with E-state index in [1.165, 1.54) is 12.1 Å². The second kappa shape index (κ2) is 5.84. The Labute approximate surface area is 104 Å². The summed E-state index contributed by atoms with van der Waals surface area (Å²) in [5.74, 6) is -2.30. The van der Waals surface area contributed by atoms with Gasteiger partial charge in [0.1, 0.15) is 0 Å². The molecule has 2 N–H and O–H groups in total. The lowest BCUT2D eigenvalue weighted by Gasteiger charge is -2.17. The first kappa shape index (κ1) is 14.5. The van der Waals surface area contributed by atoms with Crippen molar-refractivity contribution in [1.29, 1.82) is 0 Å². The molecule has 0 aliphatic rings. The molecule has 1 aromatic carbocycles. The van der Waals surface area contributed by atoms with Crippen LogP contribution in [0.1, 0.15) is 0 Å². The largest absolute Gasteiger partial charge is 0.393 e. The maximum absolute atomic E-state index is 12.4. The topological polar surface area (TPSA) is 43.1 Å². The highest BCUT2D eigenvalue weighted by Gasteiger charge is 2.39. The number of rotatable bonds is 4. The first-order chi connectivity index (χ1) is 7.84. The SMILES string of the molecule is NCC(CS(=O)c1cccc(Cl)c1)C(F)(F)F. The van der Waals surface area contributed by atoms with Gasteiger partial charge in [-0.2, -0.15) is 13.2 Å². The van der Waals surface area contributed by atoms with Gasteiger partial charge in [-0.3, -0.25) is 4.21 Å². The molecule has 0 aliphatic carbocycles. The van der Waals surface area contributed by atoms with Crippen molar-refractivity contribution >= 4 is 22.4 Å². The number of alkyl halides is 3. The summed E-state index contributed by atoms with van der Waals surface area (Å²) >= 11 is 5.67. The van der Waals surface area contributed by atoms with E-state index in [0.717, 1.165) is 0 Å². The second-order valence-electron chi connectivity index (χ2n) is 3.44. The maximum atomic E-state index is 12.4. The first-order valence-electron chi connectivity index (χ1n) is 4.75. The minimum atomic E-state index is -4.43. The van der Waals surface area contributed by atoms with Crippen molar-refractivity contribution in [2.75, 3.05) is 12.3 Å². The van der Waals surface area contributed by atoms with Gasteiger partial charge in [0.25, 0.3) is 0 Å². The Morgan fingerprint density at radius 3 is 2.53 bits per heavy atom. The molecule has 0 heterocycles. The zero-order valence-electron chi connectivity index (χ0n) is 8.71. The molecule has 0 fully saturated rings. The Kier molecular flexibility index (Phi) is 4.97. The molecule has 7 heteroatoms. The van der Waals surface area contributed by atoms with Gasteiger partial charge in [-0.1, -0.05) is 17.7 Å². The van der Waals surface area contributed by atoms with Crippen LogP contribution >= 0.6 is 11.6 Å². The van der Waals surface area contributed by atoms with Crippen LogP contribution in [0.2, 0.25) is 5.02 Å². The molecule has 2 nitrogen and oxygen atoms in total. The van der Waals surface area contributed by atoms with Gasteiger partial charge in [0.05, 0.1) is 16.7 Å². The van der Waals surface area contributed by atoms with Crippen LogP contribution in [0.15, 0.2) is 29.2 Å². The molecule has 0 aromatic heterocycles. The normalized spacial score (nSPS) is 15.6. The predicted molar refractivity (Wildman–Crippen MR) is 61.3 cm³/mol. The Morgan fingerprint density at radius 1 is 1.41 bits per heavy atom. The molecule has 0 bridgehead atoms. The van der Waals surface area contributed by atoms with Crippen molar-refractivity contribution in [3.05, 3.63) is 29.3 Å². The maximum Gasteiger partial charge on any atom is 0.393 e. The highest BCUT2D eigenvalue weighted by molar-refractivity contribution is 7.85. The zero-order valence-corrected chi connectivity index (χ0v) is 10.3. The van der Waals surface area contributed by atoms with Crippen molar-refractivity contribution in [3.63, 3.8) is 0 Å². The molecule has 0 saturated carbocycles. The van der Waals surface area contributed by atoms with Crippen LogP contribution in [0.5, 0.6) is 0 Å². The molecule has 0 saturated heterocycles. The fraction of sp³-hybridized carbons (Fsp3) is 0.400. The van der Waals surface area contributed by atoms with Crippen LogP contribution < -0.4 is 5.73 Å². The van der Waals surface area contributed by atoms with Crippen LogP contribution in [0.25, 0.3) is 0 Å². The van der Waals surface area contributed by atoms with Crippen LogP contribution in [-0.2, 0) is 10.8 Å². The van der Waals surface area contributed by atoms with Crippen molar-refractivity contribution in [1.82, 2.24) is 0 Å². The molecule has 0 spiro atoms. The lowest BCUT2D eigenvalue weighted by Crippen LogP contribution is -2.34. The molecule has 96 valence electrons.